The molecule has 1 aromatic heterocycles. The third-order valence-electron chi connectivity index (χ3n) is 5.86. The highest BCUT2D eigenvalue weighted by Crippen LogP contribution is 2.34. The molecule has 35 heavy (non-hydrogen) atoms. The number of hydrogen-bond acceptors (Lipinski definition) is 9. The van der Waals surface area contributed by atoms with Crippen LogP contribution >= 0.6 is 0 Å². The Balaban J connectivity index is 1.69. The van der Waals surface area contributed by atoms with Crippen molar-refractivity contribution in [3.63, 3.8) is 0 Å². The Hall–Kier alpha value is -4.05. The zero-order valence-corrected chi connectivity index (χ0v) is 20.2. The second kappa shape index (κ2) is 10.5. The fourth-order valence-corrected chi connectivity index (χ4v) is 3.91. The summed E-state index contributed by atoms with van der Waals surface area (Å²) in [6, 6.07) is 12.8. The van der Waals surface area contributed by atoms with Crippen LogP contribution in [0.4, 0.5) is 22.9 Å². The summed E-state index contributed by atoms with van der Waals surface area (Å²) in [6.45, 7) is 5.58. The molecule has 1 aliphatic heterocycles. The van der Waals surface area contributed by atoms with E-state index in [-0.39, 0.29) is 17.4 Å². The number of rotatable bonds is 8. The number of nitrogens with two attached hydrogens (primary N) is 2. The van der Waals surface area contributed by atoms with Crippen LogP contribution in [0.15, 0.2) is 42.5 Å². The van der Waals surface area contributed by atoms with Crippen molar-refractivity contribution in [3.8, 4) is 17.4 Å². The number of carbonyl (C=O) groups excluding carboxylic acids is 1. The molecule has 3 aromatic rings. The largest absolute Gasteiger partial charge is 0.495 e. The van der Waals surface area contributed by atoms with Gasteiger partial charge in [-0.25, -0.2) is 4.98 Å². The average Bonchev–Trinajstić information content (AvgIpc) is 2.84. The lowest BCUT2D eigenvalue weighted by Crippen LogP contribution is -2.44. The van der Waals surface area contributed by atoms with Gasteiger partial charge in [0.1, 0.15) is 17.2 Å². The number of ether oxygens (including phenoxy) is 2. The Morgan fingerprint density at radius 2 is 1.89 bits per heavy atom. The zero-order valence-electron chi connectivity index (χ0n) is 20.2. The molecule has 10 nitrogen and oxygen atoms in total. The predicted octanol–water partition coefficient (Wildman–Crippen LogP) is 3.02. The van der Waals surface area contributed by atoms with Gasteiger partial charge in [-0.2, -0.15) is 4.98 Å². The molecule has 0 unspecified atom stereocenters. The van der Waals surface area contributed by atoms with Crippen molar-refractivity contribution in [1.82, 2.24) is 14.9 Å². The van der Waals surface area contributed by atoms with Gasteiger partial charge >= 0.3 is 0 Å². The Morgan fingerprint density at radius 1 is 1.11 bits per heavy atom. The molecular formula is C25H31N7O3. The van der Waals surface area contributed by atoms with E-state index >= 15 is 0 Å². The van der Waals surface area contributed by atoms with E-state index in [0.717, 1.165) is 43.3 Å². The maximum Gasteiger partial charge on any atom is 0.271 e. The van der Waals surface area contributed by atoms with E-state index in [0.29, 0.717) is 23.6 Å². The number of amides is 1. The summed E-state index contributed by atoms with van der Waals surface area (Å²) in [4.78, 5) is 25.8. The van der Waals surface area contributed by atoms with Gasteiger partial charge in [0.15, 0.2) is 11.5 Å². The second-order valence-electron chi connectivity index (χ2n) is 8.37. The molecule has 0 aliphatic carbocycles. The number of nitrogens with zero attached hydrogens (tertiary/aromatic N) is 4. The number of nitrogen functional groups attached to an aromatic ring is 1. The molecule has 0 atom stereocenters. The molecule has 0 bridgehead atoms. The number of hydrogen-bond donors (Lipinski definition) is 3. The minimum absolute atomic E-state index is 0.0405. The first-order chi connectivity index (χ1) is 16.9. The summed E-state index contributed by atoms with van der Waals surface area (Å²) in [5, 5.41) is 3.21. The quantitative estimate of drug-likeness (QED) is 0.419. The van der Waals surface area contributed by atoms with Gasteiger partial charge in [0.25, 0.3) is 5.91 Å². The summed E-state index contributed by atoms with van der Waals surface area (Å²) in [6.07, 6.45) is 0.501. The number of methoxy groups -OCH3 is 1. The second-order valence-corrected chi connectivity index (χ2v) is 8.37. The summed E-state index contributed by atoms with van der Waals surface area (Å²) in [5.41, 5.74) is 14.3. The summed E-state index contributed by atoms with van der Waals surface area (Å²) < 4.78 is 11.6. The number of carbonyl (C=O) groups is 1. The number of aromatic nitrogens is 2. The van der Waals surface area contributed by atoms with Crippen LogP contribution in [0, 0.1) is 0 Å². The highest BCUT2D eigenvalue weighted by Gasteiger charge is 2.21. The Kier molecular flexibility index (Phi) is 7.21. The number of anilines is 4. The SMILES string of the molecule is CCc1nc(C(N)=O)c(Nc2ccc(OC)c(N3CCN(C)CC3)c2)nc1Oc1cccc(N)c1. The van der Waals surface area contributed by atoms with Crippen LogP contribution in [-0.2, 0) is 6.42 Å². The van der Waals surface area contributed by atoms with E-state index < -0.39 is 5.91 Å². The van der Waals surface area contributed by atoms with E-state index in [1.165, 1.54) is 0 Å². The molecular weight excluding hydrogens is 446 g/mol. The van der Waals surface area contributed by atoms with Crippen molar-refractivity contribution >= 4 is 28.8 Å². The summed E-state index contributed by atoms with van der Waals surface area (Å²) in [7, 11) is 3.77. The van der Waals surface area contributed by atoms with Crippen molar-refractivity contribution in [2.75, 3.05) is 56.3 Å². The van der Waals surface area contributed by atoms with E-state index in [1.807, 2.05) is 25.1 Å². The van der Waals surface area contributed by atoms with E-state index in [1.54, 1.807) is 31.4 Å². The number of benzene rings is 2. The highest BCUT2D eigenvalue weighted by molar-refractivity contribution is 5.96. The number of nitrogens with one attached hydrogen (secondary N) is 1. The molecule has 184 valence electrons. The van der Waals surface area contributed by atoms with Gasteiger partial charge in [0, 0.05) is 43.6 Å². The zero-order chi connectivity index (χ0) is 24.9. The molecule has 0 radical (unpaired) electrons. The average molecular weight is 478 g/mol. The van der Waals surface area contributed by atoms with Crippen molar-refractivity contribution in [3.05, 3.63) is 53.9 Å². The standard InChI is InChI=1S/C25H31N7O3/c1-4-19-25(35-18-7-5-6-16(26)14-18)30-24(22(29-19)23(27)33)28-17-8-9-21(34-3)20(15-17)32-12-10-31(2)11-13-32/h5-9,14-15H,4,10-13,26H2,1-3H3,(H2,27,33)(H,28,30). The lowest BCUT2D eigenvalue weighted by Gasteiger charge is -2.35. The normalized spacial score (nSPS) is 14.0. The first-order valence-corrected chi connectivity index (χ1v) is 11.5. The lowest BCUT2D eigenvalue weighted by molar-refractivity contribution is 0.0996. The van der Waals surface area contributed by atoms with Gasteiger partial charge in [-0.1, -0.05) is 13.0 Å². The summed E-state index contributed by atoms with van der Waals surface area (Å²) >= 11 is 0. The van der Waals surface area contributed by atoms with E-state index in [9.17, 15) is 4.79 Å². The Morgan fingerprint density at radius 3 is 2.54 bits per heavy atom. The van der Waals surface area contributed by atoms with Gasteiger partial charge in [-0.15, -0.1) is 0 Å². The molecule has 1 fully saturated rings. The number of primary amides is 1. The van der Waals surface area contributed by atoms with Gasteiger partial charge in [-0.05, 0) is 43.8 Å². The van der Waals surface area contributed by atoms with Crippen LogP contribution in [-0.4, -0.2) is 61.1 Å². The highest BCUT2D eigenvalue weighted by atomic mass is 16.5. The molecule has 1 saturated heterocycles. The van der Waals surface area contributed by atoms with E-state index in [2.05, 4.69) is 32.1 Å². The van der Waals surface area contributed by atoms with Gasteiger partial charge in [0.2, 0.25) is 5.88 Å². The van der Waals surface area contributed by atoms with Gasteiger partial charge in [-0.3, -0.25) is 4.79 Å². The van der Waals surface area contributed by atoms with Crippen molar-refractivity contribution in [2.45, 2.75) is 13.3 Å². The molecule has 10 heteroatoms. The first kappa shape index (κ1) is 24.1. The molecule has 5 N–H and O–H groups in total. The first-order valence-electron chi connectivity index (χ1n) is 11.5. The van der Waals surface area contributed by atoms with Gasteiger partial charge < -0.3 is 36.1 Å². The number of aryl methyl sites for hydroxylation is 1. The number of piperazine rings is 1. The fourth-order valence-electron chi connectivity index (χ4n) is 3.91. The topological polar surface area (TPSA) is 132 Å². The maximum absolute atomic E-state index is 12.2. The smallest absolute Gasteiger partial charge is 0.271 e. The molecule has 2 aromatic carbocycles. The fraction of sp³-hybridized carbons (Fsp3) is 0.320. The minimum atomic E-state index is -0.682. The molecule has 1 aliphatic rings. The molecule has 0 saturated carbocycles. The van der Waals surface area contributed by atoms with Crippen LogP contribution in [0.5, 0.6) is 17.4 Å². The van der Waals surface area contributed by atoms with Gasteiger partial charge in [0.05, 0.1) is 12.8 Å². The monoisotopic (exact) mass is 477 g/mol. The van der Waals surface area contributed by atoms with Crippen molar-refractivity contribution in [1.29, 1.82) is 0 Å². The summed E-state index contributed by atoms with van der Waals surface area (Å²) in [5.74, 6) is 1.10. The minimum Gasteiger partial charge on any atom is -0.495 e. The molecule has 1 amide bonds. The third-order valence-corrected chi connectivity index (χ3v) is 5.86. The Bertz CT molecular complexity index is 1210. The molecule has 2 heterocycles. The van der Waals surface area contributed by atoms with Crippen LogP contribution in [0.2, 0.25) is 0 Å². The molecule has 4 rings (SSSR count). The maximum atomic E-state index is 12.2. The van der Waals surface area contributed by atoms with Crippen LogP contribution < -0.4 is 31.2 Å². The Labute approximate surface area is 204 Å². The van der Waals surface area contributed by atoms with Crippen LogP contribution in [0.25, 0.3) is 0 Å². The third kappa shape index (κ3) is 5.55. The number of likely N-dealkylation sites (N-methyl/N-ethyl adjacent to an activating group) is 1. The van der Waals surface area contributed by atoms with E-state index in [4.69, 9.17) is 20.9 Å². The molecule has 0 spiro atoms. The van der Waals surface area contributed by atoms with Crippen LogP contribution in [0.3, 0.4) is 0 Å². The lowest BCUT2D eigenvalue weighted by atomic mass is 10.2. The van der Waals surface area contributed by atoms with Crippen LogP contribution in [0.1, 0.15) is 23.1 Å². The van der Waals surface area contributed by atoms with Crippen molar-refractivity contribution < 1.29 is 14.3 Å². The predicted molar refractivity (Wildman–Crippen MR) is 137 cm³/mol. The van der Waals surface area contributed by atoms with Crippen molar-refractivity contribution in [2.24, 2.45) is 5.73 Å².